The largest absolute Gasteiger partial charge is 0.480 e. The van der Waals surface area contributed by atoms with Gasteiger partial charge in [-0.2, -0.15) is 5.10 Å². The van der Waals surface area contributed by atoms with E-state index in [4.69, 9.17) is 23.2 Å². The SMILES string of the molecule is CCc1cn(-c2ccc(C)nn2)c2ccc(N(CC(=O)O)S(=O)(=O)c3cc(Cl)cc(Cl)c3)cc12. The summed E-state index contributed by atoms with van der Waals surface area (Å²) >= 11 is 12.0. The highest BCUT2D eigenvalue weighted by molar-refractivity contribution is 7.92. The molecule has 0 aliphatic rings. The summed E-state index contributed by atoms with van der Waals surface area (Å²) in [5.41, 5.74) is 2.72. The maximum absolute atomic E-state index is 13.4. The lowest BCUT2D eigenvalue weighted by molar-refractivity contribution is -0.135. The molecule has 4 rings (SSSR count). The predicted octanol–water partition coefficient (Wildman–Crippen LogP) is 4.88. The van der Waals surface area contributed by atoms with Crippen molar-refractivity contribution in [2.45, 2.75) is 25.2 Å². The van der Waals surface area contributed by atoms with E-state index >= 15 is 0 Å². The smallest absolute Gasteiger partial charge is 0.324 e. The highest BCUT2D eigenvalue weighted by Crippen LogP contribution is 2.32. The van der Waals surface area contributed by atoms with Crippen LogP contribution in [0.1, 0.15) is 18.2 Å². The summed E-state index contributed by atoms with van der Waals surface area (Å²) in [6.45, 7) is 3.05. The first-order valence-corrected chi connectivity index (χ1v) is 12.4. The quantitative estimate of drug-likeness (QED) is 0.373. The second kappa shape index (κ2) is 9.25. The van der Waals surface area contributed by atoms with Crippen molar-refractivity contribution in [3.8, 4) is 5.82 Å². The lowest BCUT2D eigenvalue weighted by Gasteiger charge is -2.23. The highest BCUT2D eigenvalue weighted by atomic mass is 35.5. The lowest BCUT2D eigenvalue weighted by atomic mass is 10.1. The van der Waals surface area contributed by atoms with Crippen LogP contribution < -0.4 is 4.31 Å². The Balaban J connectivity index is 1.88. The van der Waals surface area contributed by atoms with Crippen LogP contribution >= 0.6 is 23.2 Å². The van der Waals surface area contributed by atoms with Crippen molar-refractivity contribution in [1.29, 1.82) is 0 Å². The van der Waals surface area contributed by atoms with Gasteiger partial charge in [-0.05, 0) is 67.4 Å². The van der Waals surface area contributed by atoms with E-state index in [1.807, 2.05) is 36.7 Å². The number of carboxylic acids is 1. The average Bonchev–Trinajstić information content (AvgIpc) is 3.15. The Hall–Kier alpha value is -3.14. The van der Waals surface area contributed by atoms with Crippen molar-refractivity contribution in [3.05, 3.63) is 76.0 Å². The summed E-state index contributed by atoms with van der Waals surface area (Å²) in [4.78, 5) is 11.4. The topological polar surface area (TPSA) is 105 Å². The number of benzene rings is 2. The Kier molecular flexibility index (Phi) is 6.53. The Labute approximate surface area is 206 Å². The number of hydrogen-bond donors (Lipinski definition) is 1. The Morgan fingerprint density at radius 1 is 1.06 bits per heavy atom. The molecule has 0 amide bonds. The summed E-state index contributed by atoms with van der Waals surface area (Å²) in [6, 6.07) is 12.5. The van der Waals surface area contributed by atoms with Crippen LogP contribution in [0.2, 0.25) is 10.0 Å². The third-order valence-electron chi connectivity index (χ3n) is 5.27. The first-order valence-electron chi connectivity index (χ1n) is 10.3. The van der Waals surface area contributed by atoms with Crippen molar-refractivity contribution in [2.24, 2.45) is 0 Å². The third kappa shape index (κ3) is 4.59. The van der Waals surface area contributed by atoms with Gasteiger partial charge < -0.3 is 5.11 Å². The van der Waals surface area contributed by atoms with Gasteiger partial charge in [-0.1, -0.05) is 30.1 Å². The van der Waals surface area contributed by atoms with Gasteiger partial charge in [0, 0.05) is 21.6 Å². The van der Waals surface area contributed by atoms with Crippen LogP contribution in [-0.4, -0.2) is 40.8 Å². The number of anilines is 1. The third-order valence-corrected chi connectivity index (χ3v) is 7.46. The van der Waals surface area contributed by atoms with E-state index in [9.17, 15) is 18.3 Å². The number of aryl methyl sites for hydroxylation is 2. The van der Waals surface area contributed by atoms with Crippen LogP contribution in [0.4, 0.5) is 5.69 Å². The molecule has 8 nitrogen and oxygen atoms in total. The fraction of sp³-hybridized carbons (Fsp3) is 0.174. The van der Waals surface area contributed by atoms with Crippen LogP contribution in [0, 0.1) is 6.92 Å². The van der Waals surface area contributed by atoms with E-state index < -0.39 is 22.5 Å². The number of carboxylic acid groups (broad SMARTS) is 1. The van der Waals surface area contributed by atoms with Crippen molar-refractivity contribution in [1.82, 2.24) is 14.8 Å². The van der Waals surface area contributed by atoms with Crippen molar-refractivity contribution < 1.29 is 18.3 Å². The molecule has 176 valence electrons. The average molecular weight is 519 g/mol. The molecule has 0 aliphatic heterocycles. The van der Waals surface area contributed by atoms with Crippen LogP contribution in [0.25, 0.3) is 16.7 Å². The van der Waals surface area contributed by atoms with Gasteiger partial charge in [0.2, 0.25) is 0 Å². The van der Waals surface area contributed by atoms with Gasteiger partial charge in [0.25, 0.3) is 10.0 Å². The van der Waals surface area contributed by atoms with Gasteiger partial charge in [-0.15, -0.1) is 5.10 Å². The van der Waals surface area contributed by atoms with Crippen LogP contribution in [0.5, 0.6) is 0 Å². The molecule has 0 aliphatic carbocycles. The van der Waals surface area contributed by atoms with E-state index in [-0.39, 0.29) is 20.6 Å². The molecule has 2 aromatic heterocycles. The monoisotopic (exact) mass is 518 g/mol. The normalized spacial score (nSPS) is 11.6. The number of sulfonamides is 1. The summed E-state index contributed by atoms with van der Waals surface area (Å²) in [6.07, 6.45) is 2.59. The molecule has 0 saturated heterocycles. The van der Waals surface area contributed by atoms with E-state index in [0.717, 1.165) is 26.5 Å². The highest BCUT2D eigenvalue weighted by Gasteiger charge is 2.28. The number of hydrogen-bond acceptors (Lipinski definition) is 5. The summed E-state index contributed by atoms with van der Waals surface area (Å²) < 4.78 is 29.6. The minimum absolute atomic E-state index is 0.126. The zero-order valence-electron chi connectivity index (χ0n) is 18.2. The van der Waals surface area contributed by atoms with E-state index in [1.165, 1.54) is 18.2 Å². The fourth-order valence-corrected chi connectivity index (χ4v) is 5.81. The van der Waals surface area contributed by atoms with E-state index in [0.29, 0.717) is 12.2 Å². The van der Waals surface area contributed by atoms with E-state index in [2.05, 4.69) is 10.2 Å². The number of carbonyl (C=O) groups is 1. The number of halogens is 2. The zero-order valence-corrected chi connectivity index (χ0v) is 20.6. The molecule has 0 fully saturated rings. The Morgan fingerprint density at radius 2 is 1.76 bits per heavy atom. The molecule has 0 atom stereocenters. The number of fused-ring (bicyclic) bond motifs is 1. The molecular formula is C23H20Cl2N4O4S. The first kappa shape index (κ1) is 24.0. The minimum Gasteiger partial charge on any atom is -0.480 e. The second-order valence-electron chi connectivity index (χ2n) is 7.62. The first-order chi connectivity index (χ1) is 16.1. The summed E-state index contributed by atoms with van der Waals surface area (Å²) in [7, 11) is -4.28. The van der Waals surface area contributed by atoms with Gasteiger partial charge in [-0.25, -0.2) is 8.42 Å². The number of aliphatic carboxylic acids is 1. The second-order valence-corrected chi connectivity index (χ2v) is 10.4. The summed E-state index contributed by atoms with van der Waals surface area (Å²) in [5.74, 6) is -0.688. The van der Waals surface area contributed by atoms with Crippen LogP contribution in [0.15, 0.2) is 59.6 Å². The molecule has 11 heteroatoms. The maximum Gasteiger partial charge on any atom is 0.324 e. The van der Waals surface area contributed by atoms with Crippen LogP contribution in [-0.2, 0) is 21.2 Å². The molecular weight excluding hydrogens is 499 g/mol. The zero-order chi connectivity index (χ0) is 24.6. The van der Waals surface area contributed by atoms with Crippen molar-refractivity contribution in [2.75, 3.05) is 10.8 Å². The molecule has 0 unspecified atom stereocenters. The minimum atomic E-state index is -4.28. The molecule has 0 bridgehead atoms. The van der Waals surface area contributed by atoms with Gasteiger partial charge in [-0.3, -0.25) is 13.7 Å². The molecule has 2 heterocycles. The summed E-state index contributed by atoms with van der Waals surface area (Å²) in [5, 5.41) is 18.9. The van der Waals surface area contributed by atoms with Crippen molar-refractivity contribution >= 4 is 55.8 Å². The van der Waals surface area contributed by atoms with Gasteiger partial charge in [0.15, 0.2) is 5.82 Å². The standard InChI is InChI=1S/C23H20Cl2N4O4S/c1-3-15-12-28(22-7-4-14(2)26-27-22)21-6-5-18(11-20(15)21)29(13-23(30)31)34(32,33)19-9-16(24)8-17(25)10-19/h4-12H,3,13H2,1-2H3,(H,30,31). The molecule has 2 aromatic carbocycles. The number of aromatic nitrogens is 3. The molecule has 34 heavy (non-hydrogen) atoms. The molecule has 0 saturated carbocycles. The van der Waals surface area contributed by atoms with Gasteiger partial charge in [0.1, 0.15) is 6.54 Å². The Morgan fingerprint density at radius 3 is 2.35 bits per heavy atom. The molecule has 0 radical (unpaired) electrons. The fourth-order valence-electron chi connectivity index (χ4n) is 3.68. The molecule has 1 N–H and O–H groups in total. The molecule has 4 aromatic rings. The maximum atomic E-state index is 13.4. The number of rotatable bonds is 7. The Bertz CT molecular complexity index is 1480. The molecule has 0 spiro atoms. The van der Waals surface area contributed by atoms with Crippen molar-refractivity contribution in [3.63, 3.8) is 0 Å². The van der Waals surface area contributed by atoms with E-state index in [1.54, 1.807) is 18.2 Å². The predicted molar refractivity (Wildman–Crippen MR) is 132 cm³/mol. The van der Waals surface area contributed by atoms with Gasteiger partial charge >= 0.3 is 5.97 Å². The number of nitrogens with zero attached hydrogens (tertiary/aromatic N) is 4. The lowest BCUT2D eigenvalue weighted by Crippen LogP contribution is -2.35. The van der Waals surface area contributed by atoms with Crippen LogP contribution in [0.3, 0.4) is 0 Å². The van der Waals surface area contributed by atoms with Gasteiger partial charge in [0.05, 0.1) is 21.8 Å².